The number of ether oxygens (including phenoxy) is 1. The van der Waals surface area contributed by atoms with Gasteiger partial charge in [0.15, 0.2) is 5.78 Å². The van der Waals surface area contributed by atoms with Crippen LogP contribution >= 0.6 is 0 Å². The number of aromatic amines is 1. The molecule has 1 aliphatic heterocycles. The molecule has 0 bridgehead atoms. The van der Waals surface area contributed by atoms with Gasteiger partial charge in [0.25, 0.3) is 0 Å². The Kier molecular flexibility index (Phi) is 40.0. The average molecular weight is 1650 g/mol. The Morgan fingerprint density at radius 2 is 1.07 bits per heavy atom. The Morgan fingerprint density at radius 1 is 0.547 bits per heavy atom. The number of amides is 14. The van der Waals surface area contributed by atoms with E-state index in [9.17, 15) is 127 Å². The van der Waals surface area contributed by atoms with E-state index in [0.29, 0.717) is 35.2 Å². The number of carboxylic acids is 4. The number of H-pyrrole nitrogens is 1. The summed E-state index contributed by atoms with van der Waals surface area (Å²) < 4.78 is 5.68. The van der Waals surface area contributed by atoms with Crippen LogP contribution in [0.1, 0.15) is 140 Å². The number of ketones is 1. The van der Waals surface area contributed by atoms with E-state index in [-0.39, 0.29) is 37.1 Å². The van der Waals surface area contributed by atoms with E-state index >= 15 is 0 Å². The molecular weight excluding hydrogens is 1550 g/mol. The number of nitrogens with one attached hydrogen (secondary N) is 14. The number of unbranched alkanes of at least 4 members (excludes halogenated alkanes) is 3. The number of carbonyl (C=O) groups is 20. The quantitative estimate of drug-likeness (QED) is 0.0111. The van der Waals surface area contributed by atoms with Crippen molar-refractivity contribution >= 4 is 135 Å². The summed E-state index contributed by atoms with van der Waals surface area (Å²) in [7, 11) is 0. The Labute approximate surface area is 668 Å². The number of nitrogens with two attached hydrogens (primary N) is 3. The van der Waals surface area contributed by atoms with Gasteiger partial charge in [0, 0.05) is 47.6 Å². The molecule has 2 heterocycles. The second-order valence-electron chi connectivity index (χ2n) is 27.9. The summed E-state index contributed by atoms with van der Waals surface area (Å²) in [5.41, 5.74) is 18.0. The van der Waals surface area contributed by atoms with Crippen LogP contribution in [0.2, 0.25) is 0 Å². The third kappa shape index (κ3) is 32.9. The zero-order valence-corrected chi connectivity index (χ0v) is 64.6. The van der Waals surface area contributed by atoms with Crippen LogP contribution in [0.15, 0.2) is 54.7 Å². The number of aliphatic hydroxyl groups excluding tert-OH is 2. The van der Waals surface area contributed by atoms with Crippen LogP contribution in [0.3, 0.4) is 0 Å². The third-order valence-corrected chi connectivity index (χ3v) is 18.5. The maximum absolute atomic E-state index is 14.9. The summed E-state index contributed by atoms with van der Waals surface area (Å²) in [6.45, 7) is 0.764. The number of hydrogen-bond acceptors (Lipinski definition) is 25. The summed E-state index contributed by atoms with van der Waals surface area (Å²) in [6, 6.07) is -11.4. The normalized spacial score (nSPS) is 21.3. The van der Waals surface area contributed by atoms with Gasteiger partial charge in [0.1, 0.15) is 72.6 Å². The van der Waals surface area contributed by atoms with Crippen LogP contribution in [0.4, 0.5) is 5.69 Å². The molecule has 14 unspecified atom stereocenters. The summed E-state index contributed by atoms with van der Waals surface area (Å²) in [5, 5.41) is 88.4. The highest BCUT2D eigenvalue weighted by Gasteiger charge is 2.41. The lowest BCUT2D eigenvalue weighted by atomic mass is 9.96. The predicted molar refractivity (Wildman–Crippen MR) is 406 cm³/mol. The standard InChI is InChI=1S/C73H103N17O27/c1-5-35(2)15-8-6-7-9-21-54(95)81-44(24-38-30-77-42-19-13-11-16-39(38)42)65(108)83-45(26-53(76)94)66(109)86-48(29-60(104)105)68(111)90-62-37(4)117-73(116)49(25-52(93)40-17-10-12-18-41(40)75)87-72(115)61(36(3)23-57(98)99)89-70(113)50(33-91)82-56(97)31-78-63(106)46(27-58(100)101)84-69(112)51(34-92)88-67(110)47(28-59(102)103)85-64(107)43(20-14-22-74)80-55(96)32-79-71(62)114/h10-13,16-19,30,35-37,43-51,61-62,77,91-92H,5-9,14-15,20-29,31-34,74-75H2,1-4H3,(H2,76,94)(H,78,106)(H,79,114)(H,80,96)(H,81,95)(H,82,97)(H,83,108)(H,84,112)(H,85,107)(H,86,109)(H,87,115)(H,88,110)(H,89,113)(H,90,111)(H,98,99)(H,100,101)(H,102,103)(H,104,105). The van der Waals surface area contributed by atoms with Gasteiger partial charge < -0.3 is 127 Å². The van der Waals surface area contributed by atoms with Crippen molar-refractivity contribution < 1.29 is 131 Å². The minimum atomic E-state index is -2.47. The number of cyclic esters (lactones) is 1. The average Bonchev–Trinajstić information content (AvgIpc) is 1.69. The highest BCUT2D eigenvalue weighted by Crippen LogP contribution is 2.22. The SMILES string of the molecule is CCC(C)CCCCCCC(=O)NC(Cc1c[nH]c2ccccc12)C(=O)NC(CC(N)=O)C(=O)NC(CC(=O)O)C(=O)NC1C(=O)NCC(=O)NC(CCCN)C(=O)NC(CC(=O)O)C(=O)NC(CO)C(=O)NC(CC(=O)O)C(=O)NCC(=O)NC(CO)C(=O)NC(C(C)CC(=O)O)C(=O)NC(CC(=O)c2ccccc2N)C(=O)OC1C. The highest BCUT2D eigenvalue weighted by molar-refractivity contribution is 6.05. The molecule has 1 fully saturated rings. The number of benzene rings is 2. The number of aromatic nitrogens is 1. The number of anilines is 1. The maximum atomic E-state index is 14.9. The van der Waals surface area contributed by atoms with E-state index in [1.54, 1.807) is 30.5 Å². The molecule has 1 aromatic heterocycles. The molecule has 3 aromatic rings. The van der Waals surface area contributed by atoms with Gasteiger partial charge in [-0.1, -0.05) is 83.2 Å². The Hall–Kier alpha value is -12.7. The number of fused-ring (bicyclic) bond motifs is 1. The van der Waals surface area contributed by atoms with Crippen LogP contribution in [0.25, 0.3) is 10.9 Å². The zero-order valence-electron chi connectivity index (χ0n) is 64.6. The fourth-order valence-electron chi connectivity index (χ4n) is 11.9. The molecule has 0 saturated carbocycles. The van der Waals surface area contributed by atoms with E-state index in [1.807, 2.05) is 21.3 Å². The zero-order chi connectivity index (χ0) is 87.3. The molecule has 14 amide bonds. The maximum Gasteiger partial charge on any atom is 0.329 e. The van der Waals surface area contributed by atoms with Crippen LogP contribution in [0, 0.1) is 11.8 Å². The third-order valence-electron chi connectivity index (χ3n) is 18.5. The first-order valence-corrected chi connectivity index (χ1v) is 37.4. The number of rotatable bonds is 36. The van der Waals surface area contributed by atoms with E-state index in [0.717, 1.165) is 39.5 Å². The van der Waals surface area contributed by atoms with Gasteiger partial charge >= 0.3 is 29.8 Å². The van der Waals surface area contributed by atoms with Gasteiger partial charge in [0.2, 0.25) is 82.7 Å². The number of carboxylic acid groups (broad SMARTS) is 4. The summed E-state index contributed by atoms with van der Waals surface area (Å²) in [6.07, 6.45) is -3.78. The van der Waals surface area contributed by atoms with E-state index in [2.05, 4.69) is 66.7 Å². The van der Waals surface area contributed by atoms with E-state index < -0.39 is 268 Å². The number of Topliss-reactive ketones (excluding diaryl/α,β-unsaturated/α-hetero) is 1. The topological polar surface area (TPSA) is 722 Å². The van der Waals surface area contributed by atoms with Crippen molar-refractivity contribution in [3.8, 4) is 0 Å². The molecule has 26 N–H and O–H groups in total. The van der Waals surface area contributed by atoms with Crippen molar-refractivity contribution in [2.45, 2.75) is 203 Å². The molecule has 1 saturated heterocycles. The van der Waals surface area contributed by atoms with Gasteiger partial charge in [-0.15, -0.1) is 0 Å². The molecule has 44 nitrogen and oxygen atoms in total. The molecule has 0 radical (unpaired) electrons. The lowest BCUT2D eigenvalue weighted by molar-refractivity contribution is -0.156. The highest BCUT2D eigenvalue weighted by atomic mass is 16.5. The van der Waals surface area contributed by atoms with E-state index in [1.165, 1.54) is 24.3 Å². The molecule has 0 aliphatic carbocycles. The van der Waals surface area contributed by atoms with Crippen molar-refractivity contribution in [3.63, 3.8) is 0 Å². The van der Waals surface area contributed by atoms with Gasteiger partial charge in [-0.25, -0.2) is 4.79 Å². The summed E-state index contributed by atoms with van der Waals surface area (Å²) in [4.78, 5) is 277. The largest absolute Gasteiger partial charge is 0.481 e. The molecular formula is C73H103N17O27. The predicted octanol–water partition coefficient (Wildman–Crippen LogP) is -6.40. The fourth-order valence-corrected chi connectivity index (χ4v) is 11.9. The van der Waals surface area contributed by atoms with Crippen LogP contribution in [-0.4, -0.2) is 259 Å². The van der Waals surface area contributed by atoms with Crippen molar-refractivity contribution in [1.82, 2.24) is 74.1 Å². The van der Waals surface area contributed by atoms with Crippen molar-refractivity contribution in [1.29, 1.82) is 0 Å². The first-order valence-electron chi connectivity index (χ1n) is 37.4. The van der Waals surface area contributed by atoms with Crippen LogP contribution < -0.4 is 86.3 Å². The summed E-state index contributed by atoms with van der Waals surface area (Å²) >= 11 is 0. The number of aliphatic carboxylic acids is 4. The van der Waals surface area contributed by atoms with Gasteiger partial charge in [-0.2, -0.15) is 0 Å². The molecule has 642 valence electrons. The molecule has 1 aliphatic rings. The molecule has 14 atom stereocenters. The van der Waals surface area contributed by atoms with Crippen molar-refractivity contribution in [2.75, 3.05) is 38.6 Å². The monoisotopic (exact) mass is 1650 g/mol. The first kappa shape index (κ1) is 96.6. The minimum Gasteiger partial charge on any atom is -0.481 e. The van der Waals surface area contributed by atoms with Gasteiger partial charge in [-0.3, -0.25) is 91.1 Å². The number of hydrogen-bond donors (Lipinski definition) is 23. The molecule has 4 rings (SSSR count). The van der Waals surface area contributed by atoms with Crippen LogP contribution in [-0.2, 0) is 102 Å². The molecule has 0 spiro atoms. The number of para-hydroxylation sites is 2. The lowest BCUT2D eigenvalue weighted by Crippen LogP contribution is -2.62. The number of carbonyl (C=O) groups excluding carboxylic acids is 16. The number of esters is 1. The minimum absolute atomic E-state index is 0.0284. The Balaban J connectivity index is 1.88. The number of primary amides is 1. The molecule has 2 aromatic carbocycles. The van der Waals surface area contributed by atoms with Gasteiger partial charge in [-0.05, 0) is 68.3 Å². The van der Waals surface area contributed by atoms with Crippen LogP contribution in [0.5, 0.6) is 0 Å². The second-order valence-corrected chi connectivity index (χ2v) is 27.9. The van der Waals surface area contributed by atoms with Crippen molar-refractivity contribution in [3.05, 3.63) is 65.9 Å². The first-order chi connectivity index (χ1) is 55.3. The fraction of sp³-hybridized carbons (Fsp3) is 0.534. The molecule has 44 heteroatoms. The number of nitrogen functional groups attached to an aromatic ring is 1. The second kappa shape index (κ2) is 48.5. The van der Waals surface area contributed by atoms with Crippen molar-refractivity contribution in [2.24, 2.45) is 23.3 Å². The van der Waals surface area contributed by atoms with Gasteiger partial charge in [0.05, 0.1) is 58.4 Å². The molecule has 117 heavy (non-hydrogen) atoms. The Morgan fingerprint density at radius 3 is 1.66 bits per heavy atom. The lowest BCUT2D eigenvalue weighted by Gasteiger charge is -2.30. The summed E-state index contributed by atoms with van der Waals surface area (Å²) in [5.74, 6) is -30.1. The smallest absolute Gasteiger partial charge is 0.329 e. The Bertz CT molecular complexity index is 4100. The van der Waals surface area contributed by atoms with E-state index in [4.69, 9.17) is 21.9 Å². The number of aliphatic hydroxyl groups is 2.